The van der Waals surface area contributed by atoms with Gasteiger partial charge in [0.2, 0.25) is 5.91 Å². The summed E-state index contributed by atoms with van der Waals surface area (Å²) in [4.78, 5) is 30.8. The minimum absolute atomic E-state index is 0.0781. The largest absolute Gasteiger partial charge is 0.343 e. The fourth-order valence-corrected chi connectivity index (χ4v) is 3.24. The Balaban J connectivity index is 1.60. The fourth-order valence-electron chi connectivity index (χ4n) is 3.24. The van der Waals surface area contributed by atoms with Crippen LogP contribution in [0.3, 0.4) is 0 Å². The van der Waals surface area contributed by atoms with E-state index in [0.717, 1.165) is 13.1 Å². The number of fused-ring (bicyclic) bond motifs is 2. The molecular weight excluding hydrogens is 298 g/mol. The average Bonchev–Trinajstić information content (AvgIpc) is 3.06. The van der Waals surface area contributed by atoms with Crippen molar-refractivity contribution in [3.05, 3.63) is 23.9 Å². The molecule has 1 atom stereocenters. The second-order valence-electron chi connectivity index (χ2n) is 5.92. The van der Waals surface area contributed by atoms with E-state index in [4.69, 9.17) is 0 Å². The maximum atomic E-state index is 12.8. The van der Waals surface area contributed by atoms with Gasteiger partial charge in [-0.05, 0) is 22.6 Å². The average molecular weight is 315 g/mol. The maximum Gasteiger partial charge on any atom is 0.272 e. The van der Waals surface area contributed by atoms with Crippen LogP contribution in [0.5, 0.6) is 0 Å². The smallest absolute Gasteiger partial charge is 0.272 e. The van der Waals surface area contributed by atoms with E-state index in [-0.39, 0.29) is 17.9 Å². The van der Waals surface area contributed by atoms with Crippen LogP contribution >= 0.6 is 0 Å². The Morgan fingerprint density at radius 3 is 2.91 bits per heavy atom. The Hall–Kier alpha value is -2.55. The standard InChI is InChI=1S/C14H17N7O2/c1-18-5-6-19-7-8-20(9-11(19)13(18)22)14(23)10-3-2-4-12-15-16-17-21(10)12/h2-4,11H,5-9H2,1H3/t11-/m1/s1. The minimum Gasteiger partial charge on any atom is -0.343 e. The Labute approximate surface area is 132 Å². The number of pyridine rings is 1. The summed E-state index contributed by atoms with van der Waals surface area (Å²) >= 11 is 0. The van der Waals surface area contributed by atoms with E-state index >= 15 is 0 Å². The molecule has 120 valence electrons. The molecule has 0 unspecified atom stereocenters. The molecule has 2 fully saturated rings. The van der Waals surface area contributed by atoms with Crippen LogP contribution in [0.1, 0.15) is 10.5 Å². The summed E-state index contributed by atoms with van der Waals surface area (Å²) in [6, 6.07) is 4.95. The van der Waals surface area contributed by atoms with E-state index in [1.807, 2.05) is 7.05 Å². The zero-order valence-electron chi connectivity index (χ0n) is 12.8. The van der Waals surface area contributed by atoms with Gasteiger partial charge in [-0.2, -0.15) is 4.52 Å². The van der Waals surface area contributed by atoms with E-state index in [9.17, 15) is 9.59 Å². The summed E-state index contributed by atoms with van der Waals surface area (Å²) in [7, 11) is 1.81. The number of carbonyl (C=O) groups is 2. The Kier molecular flexibility index (Phi) is 3.22. The van der Waals surface area contributed by atoms with Crippen LogP contribution in [0.25, 0.3) is 5.65 Å². The van der Waals surface area contributed by atoms with Crippen molar-refractivity contribution < 1.29 is 9.59 Å². The van der Waals surface area contributed by atoms with E-state index in [1.165, 1.54) is 4.52 Å². The third-order valence-electron chi connectivity index (χ3n) is 4.60. The predicted octanol–water partition coefficient (Wildman–Crippen LogP) is -1.28. The molecule has 0 aliphatic carbocycles. The molecule has 2 aliphatic rings. The summed E-state index contributed by atoms with van der Waals surface area (Å²) in [5.41, 5.74) is 0.945. The lowest BCUT2D eigenvalue weighted by molar-refractivity contribution is -0.142. The van der Waals surface area contributed by atoms with Crippen molar-refractivity contribution in [1.29, 1.82) is 0 Å². The highest BCUT2D eigenvalue weighted by atomic mass is 16.2. The Morgan fingerprint density at radius 1 is 1.22 bits per heavy atom. The molecule has 9 heteroatoms. The third-order valence-corrected chi connectivity index (χ3v) is 4.60. The quantitative estimate of drug-likeness (QED) is 0.652. The number of piperazine rings is 2. The van der Waals surface area contributed by atoms with Crippen molar-refractivity contribution in [3.63, 3.8) is 0 Å². The van der Waals surface area contributed by atoms with Gasteiger partial charge >= 0.3 is 0 Å². The van der Waals surface area contributed by atoms with Gasteiger partial charge in [0.25, 0.3) is 5.91 Å². The van der Waals surface area contributed by atoms with Gasteiger partial charge < -0.3 is 9.80 Å². The van der Waals surface area contributed by atoms with Gasteiger partial charge in [0.05, 0.1) is 0 Å². The van der Waals surface area contributed by atoms with Crippen molar-refractivity contribution in [2.75, 3.05) is 39.8 Å². The second kappa shape index (κ2) is 5.27. The lowest BCUT2D eigenvalue weighted by atomic mass is 10.1. The monoisotopic (exact) mass is 315 g/mol. The van der Waals surface area contributed by atoms with Gasteiger partial charge in [0.1, 0.15) is 11.7 Å². The van der Waals surface area contributed by atoms with Gasteiger partial charge in [-0.3, -0.25) is 14.5 Å². The molecule has 0 saturated carbocycles. The topological polar surface area (TPSA) is 86.9 Å². The summed E-state index contributed by atoms with van der Waals surface area (Å²) < 4.78 is 1.43. The summed E-state index contributed by atoms with van der Waals surface area (Å²) in [6.07, 6.45) is 0. The highest BCUT2D eigenvalue weighted by Gasteiger charge is 2.39. The molecule has 2 aromatic rings. The van der Waals surface area contributed by atoms with Gasteiger partial charge in [0.15, 0.2) is 5.65 Å². The number of aromatic nitrogens is 4. The number of amides is 2. The number of hydrogen-bond donors (Lipinski definition) is 0. The molecule has 2 aliphatic heterocycles. The van der Waals surface area contributed by atoms with Gasteiger partial charge in [-0.15, -0.1) is 5.10 Å². The van der Waals surface area contributed by atoms with Crippen molar-refractivity contribution in [3.8, 4) is 0 Å². The number of carbonyl (C=O) groups excluding carboxylic acids is 2. The van der Waals surface area contributed by atoms with E-state index < -0.39 is 0 Å². The van der Waals surface area contributed by atoms with Crippen LogP contribution in [0.2, 0.25) is 0 Å². The third kappa shape index (κ3) is 2.24. The first-order valence-corrected chi connectivity index (χ1v) is 7.60. The first kappa shape index (κ1) is 14.1. The predicted molar refractivity (Wildman–Crippen MR) is 79.7 cm³/mol. The zero-order valence-corrected chi connectivity index (χ0v) is 12.8. The zero-order chi connectivity index (χ0) is 16.0. The highest BCUT2D eigenvalue weighted by molar-refractivity contribution is 5.94. The molecule has 2 amide bonds. The molecule has 0 spiro atoms. The first-order chi connectivity index (χ1) is 11.1. The summed E-state index contributed by atoms with van der Waals surface area (Å²) in [5, 5.41) is 11.3. The molecule has 0 aromatic carbocycles. The van der Waals surface area contributed by atoms with Crippen molar-refractivity contribution in [1.82, 2.24) is 34.7 Å². The van der Waals surface area contributed by atoms with Gasteiger partial charge in [0, 0.05) is 39.8 Å². The SMILES string of the molecule is CN1CCN2CCN(C(=O)c3cccc4nnnn34)C[C@@H]2C1=O. The molecule has 4 rings (SSSR count). The van der Waals surface area contributed by atoms with Crippen LogP contribution in [-0.4, -0.2) is 92.4 Å². The van der Waals surface area contributed by atoms with E-state index in [2.05, 4.69) is 20.4 Å². The van der Waals surface area contributed by atoms with E-state index in [1.54, 1.807) is 28.0 Å². The normalized spacial score (nSPS) is 22.5. The van der Waals surface area contributed by atoms with Crippen molar-refractivity contribution >= 4 is 17.5 Å². The Bertz CT molecular complexity index is 773. The lowest BCUT2D eigenvalue weighted by Crippen LogP contribution is -2.64. The lowest BCUT2D eigenvalue weighted by Gasteiger charge is -2.45. The van der Waals surface area contributed by atoms with E-state index in [0.29, 0.717) is 31.0 Å². The molecule has 4 heterocycles. The summed E-state index contributed by atoms with van der Waals surface area (Å²) in [6.45, 7) is 3.32. The van der Waals surface area contributed by atoms with Crippen LogP contribution in [0, 0.1) is 0 Å². The molecule has 0 bridgehead atoms. The van der Waals surface area contributed by atoms with Gasteiger partial charge in [-0.25, -0.2) is 0 Å². The highest BCUT2D eigenvalue weighted by Crippen LogP contribution is 2.18. The maximum absolute atomic E-state index is 12.8. The molecular formula is C14H17N7O2. The minimum atomic E-state index is -0.250. The number of rotatable bonds is 1. The molecule has 23 heavy (non-hydrogen) atoms. The second-order valence-corrected chi connectivity index (χ2v) is 5.92. The number of nitrogens with zero attached hydrogens (tertiary/aromatic N) is 7. The number of hydrogen-bond acceptors (Lipinski definition) is 6. The Morgan fingerprint density at radius 2 is 2.04 bits per heavy atom. The molecule has 2 saturated heterocycles. The molecule has 2 aromatic heterocycles. The fraction of sp³-hybridized carbons (Fsp3) is 0.500. The molecule has 0 radical (unpaired) electrons. The van der Waals surface area contributed by atoms with Crippen LogP contribution in [0.4, 0.5) is 0 Å². The van der Waals surface area contributed by atoms with Gasteiger partial charge in [-0.1, -0.05) is 6.07 Å². The van der Waals surface area contributed by atoms with Crippen LogP contribution in [0.15, 0.2) is 18.2 Å². The molecule has 9 nitrogen and oxygen atoms in total. The number of tetrazole rings is 1. The van der Waals surface area contributed by atoms with Crippen LogP contribution < -0.4 is 0 Å². The van der Waals surface area contributed by atoms with Crippen molar-refractivity contribution in [2.45, 2.75) is 6.04 Å². The van der Waals surface area contributed by atoms with Crippen LogP contribution in [-0.2, 0) is 4.79 Å². The summed E-state index contributed by atoms with van der Waals surface area (Å²) in [5.74, 6) is -0.0713. The van der Waals surface area contributed by atoms with Crippen molar-refractivity contribution in [2.24, 2.45) is 0 Å². The first-order valence-electron chi connectivity index (χ1n) is 7.60. The molecule has 0 N–H and O–H groups in total. The number of likely N-dealkylation sites (N-methyl/N-ethyl adjacent to an activating group) is 1.